The van der Waals surface area contributed by atoms with E-state index in [0.29, 0.717) is 11.1 Å². The van der Waals surface area contributed by atoms with E-state index in [1.165, 1.54) is 11.8 Å². The van der Waals surface area contributed by atoms with E-state index in [4.69, 9.17) is 9.15 Å². The lowest BCUT2D eigenvalue weighted by Crippen LogP contribution is -2.14. The average molecular weight is 398 g/mol. The number of hydrogen-bond acceptors (Lipinski definition) is 6. The Morgan fingerprint density at radius 3 is 2.75 bits per heavy atom. The van der Waals surface area contributed by atoms with Gasteiger partial charge in [-0.2, -0.15) is 0 Å². The summed E-state index contributed by atoms with van der Waals surface area (Å²) in [6.07, 6.45) is 0. The van der Waals surface area contributed by atoms with Gasteiger partial charge in [-0.1, -0.05) is 36.0 Å². The molecular weight excluding hydrogens is 374 g/mol. The number of nitrogens with one attached hydrogen (secondary N) is 1. The Morgan fingerprint density at radius 1 is 1.11 bits per heavy atom. The first-order valence-corrected chi connectivity index (χ1v) is 9.92. The standard InChI is InChI=1S/C21H23N3O3S/c1-13-8-9-15(3)17(10-13)22-19(25)12-28-21-24-23-20(27-21)11-26-18-7-5-6-14(2)16(18)4/h5-10H,11-12H2,1-4H3,(H,22,25). The Kier molecular flexibility index (Phi) is 6.36. The lowest BCUT2D eigenvalue weighted by molar-refractivity contribution is -0.113. The van der Waals surface area contributed by atoms with Crippen molar-refractivity contribution in [2.45, 2.75) is 39.5 Å². The maximum atomic E-state index is 12.2. The Bertz CT molecular complexity index is 985. The van der Waals surface area contributed by atoms with Gasteiger partial charge < -0.3 is 14.5 Å². The van der Waals surface area contributed by atoms with Gasteiger partial charge in [-0.05, 0) is 62.1 Å². The molecule has 0 saturated heterocycles. The number of aryl methyl sites for hydroxylation is 3. The summed E-state index contributed by atoms with van der Waals surface area (Å²) in [5.74, 6) is 1.23. The first-order chi connectivity index (χ1) is 13.4. The molecule has 7 heteroatoms. The molecule has 146 valence electrons. The van der Waals surface area contributed by atoms with Gasteiger partial charge in [0, 0.05) is 5.69 Å². The van der Waals surface area contributed by atoms with Gasteiger partial charge in [0.2, 0.25) is 5.91 Å². The number of ether oxygens (including phenoxy) is 1. The molecule has 0 aliphatic rings. The summed E-state index contributed by atoms with van der Waals surface area (Å²) < 4.78 is 11.3. The van der Waals surface area contributed by atoms with Crippen LogP contribution in [0.3, 0.4) is 0 Å². The molecule has 0 spiro atoms. The molecule has 1 heterocycles. The van der Waals surface area contributed by atoms with E-state index < -0.39 is 0 Å². The third-order valence-corrected chi connectivity index (χ3v) is 5.17. The molecule has 3 aromatic rings. The smallest absolute Gasteiger partial charge is 0.277 e. The normalized spacial score (nSPS) is 10.7. The maximum Gasteiger partial charge on any atom is 0.277 e. The van der Waals surface area contributed by atoms with Crippen LogP contribution in [0.1, 0.15) is 28.1 Å². The number of hydrogen-bond donors (Lipinski definition) is 1. The van der Waals surface area contributed by atoms with Crippen LogP contribution in [-0.2, 0) is 11.4 Å². The van der Waals surface area contributed by atoms with E-state index >= 15 is 0 Å². The van der Waals surface area contributed by atoms with Crippen LogP contribution in [0, 0.1) is 27.7 Å². The molecule has 0 aliphatic carbocycles. The van der Waals surface area contributed by atoms with Crippen molar-refractivity contribution >= 4 is 23.4 Å². The maximum absolute atomic E-state index is 12.2. The molecule has 0 bridgehead atoms. The van der Waals surface area contributed by atoms with Crippen LogP contribution in [0.2, 0.25) is 0 Å². The van der Waals surface area contributed by atoms with Gasteiger partial charge in [0.05, 0.1) is 5.75 Å². The molecule has 0 unspecified atom stereocenters. The second kappa shape index (κ2) is 8.93. The van der Waals surface area contributed by atoms with Crippen LogP contribution in [0.4, 0.5) is 5.69 Å². The molecule has 0 saturated carbocycles. The summed E-state index contributed by atoms with van der Waals surface area (Å²) in [5, 5.41) is 11.2. The van der Waals surface area contributed by atoms with Gasteiger partial charge >= 0.3 is 0 Å². The zero-order valence-electron chi connectivity index (χ0n) is 16.4. The number of rotatable bonds is 7. The molecule has 1 aromatic heterocycles. The first kappa shape index (κ1) is 19.9. The Morgan fingerprint density at radius 2 is 1.93 bits per heavy atom. The highest BCUT2D eigenvalue weighted by Crippen LogP contribution is 2.23. The predicted octanol–water partition coefficient (Wildman–Crippen LogP) is 4.61. The van der Waals surface area contributed by atoms with Gasteiger partial charge in [0.15, 0.2) is 6.61 Å². The van der Waals surface area contributed by atoms with Gasteiger partial charge in [0.1, 0.15) is 5.75 Å². The minimum Gasteiger partial charge on any atom is -0.484 e. The number of amides is 1. The molecule has 0 aliphatic heterocycles. The zero-order valence-corrected chi connectivity index (χ0v) is 17.2. The topological polar surface area (TPSA) is 77.2 Å². The largest absolute Gasteiger partial charge is 0.484 e. The van der Waals surface area contributed by atoms with E-state index in [9.17, 15) is 4.79 Å². The van der Waals surface area contributed by atoms with Gasteiger partial charge in [0.25, 0.3) is 11.1 Å². The van der Waals surface area contributed by atoms with Gasteiger partial charge in [-0.25, -0.2) is 0 Å². The molecule has 2 aromatic carbocycles. The second-order valence-electron chi connectivity index (χ2n) is 6.60. The lowest BCUT2D eigenvalue weighted by atomic mass is 10.1. The van der Waals surface area contributed by atoms with Crippen molar-refractivity contribution in [1.29, 1.82) is 0 Å². The van der Waals surface area contributed by atoms with Crippen LogP contribution in [0.15, 0.2) is 46.0 Å². The van der Waals surface area contributed by atoms with Crippen molar-refractivity contribution < 1.29 is 13.9 Å². The van der Waals surface area contributed by atoms with Gasteiger partial charge in [-0.3, -0.25) is 4.79 Å². The number of benzene rings is 2. The molecule has 1 amide bonds. The summed E-state index contributed by atoms with van der Waals surface area (Å²) in [4.78, 5) is 12.2. The van der Waals surface area contributed by atoms with Crippen molar-refractivity contribution in [3.8, 4) is 5.75 Å². The number of aromatic nitrogens is 2. The lowest BCUT2D eigenvalue weighted by Gasteiger charge is -2.09. The van der Waals surface area contributed by atoms with E-state index in [1.807, 2.05) is 64.1 Å². The number of carbonyl (C=O) groups excluding carboxylic acids is 1. The summed E-state index contributed by atoms with van der Waals surface area (Å²) >= 11 is 1.20. The van der Waals surface area contributed by atoms with Crippen LogP contribution in [0.25, 0.3) is 0 Å². The fourth-order valence-electron chi connectivity index (χ4n) is 2.56. The molecular formula is C21H23N3O3S. The summed E-state index contributed by atoms with van der Waals surface area (Å²) in [6, 6.07) is 11.8. The highest BCUT2D eigenvalue weighted by Gasteiger charge is 2.12. The highest BCUT2D eigenvalue weighted by molar-refractivity contribution is 7.99. The van der Waals surface area contributed by atoms with Crippen LogP contribution >= 0.6 is 11.8 Å². The van der Waals surface area contributed by atoms with E-state index in [1.54, 1.807) is 0 Å². The summed E-state index contributed by atoms with van der Waals surface area (Å²) in [5.41, 5.74) is 5.18. The third-order valence-electron chi connectivity index (χ3n) is 4.35. The fourth-order valence-corrected chi connectivity index (χ4v) is 3.14. The number of nitrogens with zero attached hydrogens (tertiary/aromatic N) is 2. The highest BCUT2D eigenvalue weighted by atomic mass is 32.2. The Hall–Kier alpha value is -2.80. The summed E-state index contributed by atoms with van der Waals surface area (Å²) in [6.45, 7) is 8.18. The third kappa shape index (κ3) is 5.13. The van der Waals surface area contributed by atoms with Crippen molar-refractivity contribution in [3.63, 3.8) is 0 Å². The number of carbonyl (C=O) groups is 1. The molecule has 0 radical (unpaired) electrons. The van der Waals surface area contributed by atoms with Crippen molar-refractivity contribution in [1.82, 2.24) is 10.2 Å². The average Bonchev–Trinajstić information content (AvgIpc) is 3.12. The molecule has 1 N–H and O–H groups in total. The van der Waals surface area contributed by atoms with E-state index in [0.717, 1.165) is 33.7 Å². The second-order valence-corrected chi connectivity index (χ2v) is 7.53. The number of anilines is 1. The van der Waals surface area contributed by atoms with Crippen molar-refractivity contribution in [2.24, 2.45) is 0 Å². The molecule has 28 heavy (non-hydrogen) atoms. The Labute approximate surface area is 168 Å². The first-order valence-electron chi connectivity index (χ1n) is 8.93. The Balaban J connectivity index is 1.51. The predicted molar refractivity (Wildman–Crippen MR) is 110 cm³/mol. The zero-order chi connectivity index (χ0) is 20.1. The van der Waals surface area contributed by atoms with Gasteiger partial charge in [-0.15, -0.1) is 10.2 Å². The van der Waals surface area contributed by atoms with E-state index in [-0.39, 0.29) is 18.3 Å². The molecule has 3 rings (SSSR count). The van der Waals surface area contributed by atoms with E-state index in [2.05, 4.69) is 15.5 Å². The van der Waals surface area contributed by atoms with Crippen molar-refractivity contribution in [3.05, 3.63) is 64.5 Å². The molecule has 0 atom stereocenters. The van der Waals surface area contributed by atoms with Crippen molar-refractivity contribution in [2.75, 3.05) is 11.1 Å². The fraction of sp³-hybridized carbons (Fsp3) is 0.286. The van der Waals surface area contributed by atoms with Crippen LogP contribution in [-0.4, -0.2) is 21.9 Å². The van der Waals surface area contributed by atoms with Crippen LogP contribution < -0.4 is 10.1 Å². The number of thioether (sulfide) groups is 1. The quantitative estimate of drug-likeness (QED) is 0.587. The molecule has 0 fully saturated rings. The minimum atomic E-state index is -0.120. The summed E-state index contributed by atoms with van der Waals surface area (Å²) in [7, 11) is 0. The monoisotopic (exact) mass is 397 g/mol. The SMILES string of the molecule is Cc1ccc(C)c(NC(=O)CSc2nnc(COc3cccc(C)c3C)o2)c1. The van der Waals surface area contributed by atoms with Crippen LogP contribution in [0.5, 0.6) is 5.75 Å². The molecule has 6 nitrogen and oxygen atoms in total. The minimum absolute atomic E-state index is 0.120.